The van der Waals surface area contributed by atoms with Gasteiger partial charge in [0.1, 0.15) is 11.2 Å². The van der Waals surface area contributed by atoms with Gasteiger partial charge in [0.25, 0.3) is 0 Å². The number of anilines is 3. The van der Waals surface area contributed by atoms with Gasteiger partial charge in [0, 0.05) is 27.5 Å². The zero-order valence-corrected chi connectivity index (χ0v) is 27.3. The molecule has 1 aromatic heterocycles. The van der Waals surface area contributed by atoms with E-state index in [1.165, 1.54) is 54.6 Å². The summed E-state index contributed by atoms with van der Waals surface area (Å²) in [7, 11) is 0. The summed E-state index contributed by atoms with van der Waals surface area (Å²) in [5, 5.41) is 9.69. The summed E-state index contributed by atoms with van der Waals surface area (Å²) in [6, 6.07) is 67.6. The molecule has 50 heavy (non-hydrogen) atoms. The number of hydrogen-bond acceptors (Lipinski definition) is 2. The molecule has 1 heterocycles. The van der Waals surface area contributed by atoms with Gasteiger partial charge >= 0.3 is 0 Å². The monoisotopic (exact) mass is 637 g/mol. The number of rotatable bonds is 5. The molecule has 2 nitrogen and oxygen atoms in total. The number of furan rings is 1. The molecule has 0 unspecified atom stereocenters. The van der Waals surface area contributed by atoms with Crippen LogP contribution in [0.25, 0.3) is 76.5 Å². The highest BCUT2D eigenvalue weighted by Gasteiger charge is 2.20. The number of para-hydroxylation sites is 1. The average molecular weight is 638 g/mol. The van der Waals surface area contributed by atoms with Crippen molar-refractivity contribution in [3.05, 3.63) is 188 Å². The molecular formula is C48H31NO. The minimum Gasteiger partial charge on any atom is -0.456 e. The third kappa shape index (κ3) is 4.57. The van der Waals surface area contributed by atoms with E-state index in [2.05, 4.69) is 181 Å². The molecule has 0 bridgehead atoms. The van der Waals surface area contributed by atoms with E-state index in [-0.39, 0.29) is 0 Å². The molecule has 0 radical (unpaired) electrons. The van der Waals surface area contributed by atoms with Crippen LogP contribution in [0.5, 0.6) is 0 Å². The summed E-state index contributed by atoms with van der Waals surface area (Å²) in [6.07, 6.45) is 0. The highest BCUT2D eigenvalue weighted by molar-refractivity contribution is 6.20. The molecule has 0 N–H and O–H groups in total. The first kappa shape index (κ1) is 28.4. The van der Waals surface area contributed by atoms with E-state index in [1.807, 2.05) is 12.1 Å². The second-order valence-corrected chi connectivity index (χ2v) is 12.9. The Morgan fingerprint density at radius 3 is 1.74 bits per heavy atom. The van der Waals surface area contributed by atoms with Crippen LogP contribution in [0.2, 0.25) is 0 Å². The Kier molecular flexibility index (Phi) is 6.53. The maximum absolute atomic E-state index is 6.28. The van der Waals surface area contributed by atoms with Crippen molar-refractivity contribution in [3.8, 4) is 22.3 Å². The molecule has 9 aromatic carbocycles. The summed E-state index contributed by atoms with van der Waals surface area (Å²) in [5.74, 6) is 0. The number of nitrogens with zero attached hydrogens (tertiary/aromatic N) is 1. The van der Waals surface area contributed by atoms with Gasteiger partial charge in [0.05, 0.1) is 5.69 Å². The standard InChI is InChI=1S/C48H31NO/c1-3-12-32(13-4-1)38-26-23-35(30-44(38)33-14-5-2-6-15-33)49(36-24-29-48-45(31-36)43-18-9-10-21-47(43)50-48)46-20-11-19-39-41-25-22-34-16-7-8-17-37(34)40(41)27-28-42(39)46/h1-31H. The zero-order valence-electron chi connectivity index (χ0n) is 27.3. The van der Waals surface area contributed by atoms with Gasteiger partial charge in [-0.25, -0.2) is 0 Å². The van der Waals surface area contributed by atoms with E-state index < -0.39 is 0 Å². The van der Waals surface area contributed by atoms with Gasteiger partial charge in [-0.3, -0.25) is 0 Å². The maximum atomic E-state index is 6.28. The molecule has 0 aliphatic rings. The van der Waals surface area contributed by atoms with Crippen molar-refractivity contribution in [2.24, 2.45) is 0 Å². The fourth-order valence-electron chi connectivity index (χ4n) is 7.71. The van der Waals surface area contributed by atoms with Crippen LogP contribution in [-0.2, 0) is 0 Å². The van der Waals surface area contributed by atoms with Crippen LogP contribution < -0.4 is 4.90 Å². The van der Waals surface area contributed by atoms with Crippen molar-refractivity contribution in [2.75, 3.05) is 4.90 Å². The van der Waals surface area contributed by atoms with Crippen molar-refractivity contribution in [3.63, 3.8) is 0 Å². The Balaban J connectivity index is 1.26. The predicted octanol–water partition coefficient (Wildman–Crippen LogP) is 13.8. The number of fused-ring (bicyclic) bond motifs is 8. The smallest absolute Gasteiger partial charge is 0.135 e. The molecule has 0 atom stereocenters. The van der Waals surface area contributed by atoms with E-state index in [1.54, 1.807) is 0 Å². The van der Waals surface area contributed by atoms with Crippen LogP contribution in [0, 0.1) is 0 Å². The van der Waals surface area contributed by atoms with E-state index in [4.69, 9.17) is 4.42 Å². The van der Waals surface area contributed by atoms with Crippen LogP contribution in [0.4, 0.5) is 17.1 Å². The van der Waals surface area contributed by atoms with Gasteiger partial charge in [-0.15, -0.1) is 0 Å². The van der Waals surface area contributed by atoms with Crippen molar-refractivity contribution in [2.45, 2.75) is 0 Å². The van der Waals surface area contributed by atoms with Gasteiger partial charge in [-0.1, -0.05) is 146 Å². The van der Waals surface area contributed by atoms with Crippen LogP contribution >= 0.6 is 0 Å². The molecule has 10 rings (SSSR count). The Hall–Kier alpha value is -6.64. The Bertz CT molecular complexity index is 2870. The third-order valence-electron chi connectivity index (χ3n) is 10.1. The first-order valence-electron chi connectivity index (χ1n) is 17.1. The lowest BCUT2D eigenvalue weighted by Gasteiger charge is -2.28. The van der Waals surface area contributed by atoms with Crippen molar-refractivity contribution in [1.29, 1.82) is 0 Å². The second kappa shape index (κ2) is 11.5. The van der Waals surface area contributed by atoms with Gasteiger partial charge in [-0.2, -0.15) is 0 Å². The maximum Gasteiger partial charge on any atom is 0.135 e. The molecule has 234 valence electrons. The summed E-state index contributed by atoms with van der Waals surface area (Å²) >= 11 is 0. The van der Waals surface area contributed by atoms with Gasteiger partial charge in [0.2, 0.25) is 0 Å². The Morgan fingerprint density at radius 2 is 0.900 bits per heavy atom. The molecule has 0 aliphatic carbocycles. The first-order chi connectivity index (χ1) is 24.8. The van der Waals surface area contributed by atoms with E-state index in [9.17, 15) is 0 Å². The second-order valence-electron chi connectivity index (χ2n) is 12.9. The normalized spacial score (nSPS) is 11.6. The lowest BCUT2D eigenvalue weighted by Crippen LogP contribution is -2.11. The summed E-state index contributed by atoms with van der Waals surface area (Å²) in [6.45, 7) is 0. The van der Waals surface area contributed by atoms with Crippen molar-refractivity contribution < 1.29 is 4.42 Å². The summed E-state index contributed by atoms with van der Waals surface area (Å²) in [5.41, 5.74) is 9.82. The molecular weight excluding hydrogens is 607 g/mol. The minimum atomic E-state index is 0.884. The fourth-order valence-corrected chi connectivity index (χ4v) is 7.71. The summed E-state index contributed by atoms with van der Waals surface area (Å²) in [4.78, 5) is 2.41. The minimum absolute atomic E-state index is 0.884. The van der Waals surface area contributed by atoms with Crippen LogP contribution in [-0.4, -0.2) is 0 Å². The lowest BCUT2D eigenvalue weighted by atomic mass is 9.93. The first-order valence-corrected chi connectivity index (χ1v) is 17.1. The highest BCUT2D eigenvalue weighted by Crippen LogP contribution is 2.45. The molecule has 0 saturated carbocycles. The molecule has 10 aromatic rings. The molecule has 0 amide bonds. The third-order valence-corrected chi connectivity index (χ3v) is 10.1. The average Bonchev–Trinajstić information content (AvgIpc) is 3.56. The predicted molar refractivity (Wildman–Crippen MR) is 212 cm³/mol. The largest absolute Gasteiger partial charge is 0.456 e. The zero-order chi connectivity index (χ0) is 33.0. The number of benzene rings is 9. The molecule has 2 heteroatoms. The van der Waals surface area contributed by atoms with E-state index in [0.717, 1.165) is 39.0 Å². The Morgan fingerprint density at radius 1 is 0.320 bits per heavy atom. The van der Waals surface area contributed by atoms with Gasteiger partial charge in [-0.05, 0) is 91.6 Å². The van der Waals surface area contributed by atoms with Gasteiger partial charge in [0.15, 0.2) is 0 Å². The van der Waals surface area contributed by atoms with Gasteiger partial charge < -0.3 is 9.32 Å². The highest BCUT2D eigenvalue weighted by atomic mass is 16.3. The topological polar surface area (TPSA) is 16.4 Å². The quantitative estimate of drug-likeness (QED) is 0.175. The van der Waals surface area contributed by atoms with E-state index >= 15 is 0 Å². The molecule has 0 saturated heterocycles. The molecule has 0 spiro atoms. The lowest BCUT2D eigenvalue weighted by molar-refractivity contribution is 0.669. The van der Waals surface area contributed by atoms with Crippen LogP contribution in [0.15, 0.2) is 192 Å². The number of hydrogen-bond donors (Lipinski definition) is 0. The summed E-state index contributed by atoms with van der Waals surface area (Å²) < 4.78 is 6.28. The van der Waals surface area contributed by atoms with Crippen molar-refractivity contribution in [1.82, 2.24) is 0 Å². The van der Waals surface area contributed by atoms with Crippen molar-refractivity contribution >= 4 is 71.3 Å². The van der Waals surface area contributed by atoms with E-state index in [0.29, 0.717) is 0 Å². The SMILES string of the molecule is c1ccc(-c2ccc(N(c3ccc4oc5ccccc5c4c3)c3cccc4c3ccc3c5ccccc5ccc43)cc2-c2ccccc2)cc1. The fraction of sp³-hybridized carbons (Fsp3) is 0. The molecule has 0 aliphatic heterocycles. The van der Waals surface area contributed by atoms with Crippen LogP contribution in [0.3, 0.4) is 0 Å². The van der Waals surface area contributed by atoms with Crippen LogP contribution in [0.1, 0.15) is 0 Å². The Labute approximate surface area is 290 Å². The molecule has 0 fully saturated rings.